The van der Waals surface area contributed by atoms with Crippen LogP contribution in [0.15, 0.2) is 36.0 Å². The number of hydrogen-bond donors (Lipinski definition) is 1. The van der Waals surface area contributed by atoms with Gasteiger partial charge in [0.05, 0.1) is 18.4 Å². The fourth-order valence-corrected chi connectivity index (χ4v) is 3.42. The van der Waals surface area contributed by atoms with Gasteiger partial charge in [-0.25, -0.2) is 0 Å². The third-order valence-corrected chi connectivity index (χ3v) is 4.71. The van der Waals surface area contributed by atoms with Crippen molar-refractivity contribution in [3.63, 3.8) is 0 Å². The van der Waals surface area contributed by atoms with Crippen molar-refractivity contribution >= 4 is 17.2 Å². The molecular weight excluding hydrogens is 312 g/mol. The highest BCUT2D eigenvalue weighted by molar-refractivity contribution is 7.12. The van der Waals surface area contributed by atoms with Crippen LogP contribution in [-0.2, 0) is 9.47 Å². The van der Waals surface area contributed by atoms with Gasteiger partial charge in [-0.2, -0.15) is 0 Å². The van der Waals surface area contributed by atoms with Gasteiger partial charge in [-0.3, -0.25) is 4.79 Å². The molecule has 1 N–H and O–H groups in total. The molecule has 1 aliphatic heterocycles. The summed E-state index contributed by atoms with van der Waals surface area (Å²) in [5, 5.41) is 4.90. The van der Waals surface area contributed by atoms with Crippen LogP contribution < -0.4 is 5.32 Å². The van der Waals surface area contributed by atoms with Gasteiger partial charge < -0.3 is 19.4 Å². The summed E-state index contributed by atoms with van der Waals surface area (Å²) in [6.07, 6.45) is 7.18. The Morgan fingerprint density at radius 3 is 3.09 bits per heavy atom. The molecule has 1 amide bonds. The summed E-state index contributed by atoms with van der Waals surface area (Å²) in [4.78, 5) is 13.0. The molecule has 0 unspecified atom stereocenters. The number of aromatic nitrogens is 1. The Bertz CT molecular complexity index is 603. The van der Waals surface area contributed by atoms with Crippen molar-refractivity contribution in [1.29, 1.82) is 0 Å². The Balaban J connectivity index is 1.37. The molecule has 124 valence electrons. The predicted octanol–water partition coefficient (Wildman–Crippen LogP) is 2.85. The lowest BCUT2D eigenvalue weighted by Crippen LogP contribution is -2.25. The Morgan fingerprint density at radius 1 is 1.43 bits per heavy atom. The maximum Gasteiger partial charge on any atom is 0.263 e. The van der Waals surface area contributed by atoms with E-state index < -0.39 is 0 Å². The van der Waals surface area contributed by atoms with E-state index in [9.17, 15) is 4.79 Å². The van der Waals surface area contributed by atoms with Crippen LogP contribution in [0.5, 0.6) is 0 Å². The minimum absolute atomic E-state index is 0.0252. The molecule has 0 bridgehead atoms. The topological polar surface area (TPSA) is 52.5 Å². The molecule has 0 spiro atoms. The van der Waals surface area contributed by atoms with Gasteiger partial charge in [0.1, 0.15) is 4.88 Å². The molecular formula is C17H22N2O3S. The largest absolute Gasteiger partial charge is 0.379 e. The summed E-state index contributed by atoms with van der Waals surface area (Å²) >= 11 is 1.46. The molecule has 5 nitrogen and oxygen atoms in total. The first-order valence-corrected chi connectivity index (χ1v) is 8.91. The summed E-state index contributed by atoms with van der Waals surface area (Å²) < 4.78 is 13.0. The minimum Gasteiger partial charge on any atom is -0.379 e. The number of amides is 1. The minimum atomic E-state index is -0.0252. The third-order valence-electron chi connectivity index (χ3n) is 3.81. The maximum atomic E-state index is 12.3. The van der Waals surface area contributed by atoms with Gasteiger partial charge in [-0.1, -0.05) is 0 Å². The van der Waals surface area contributed by atoms with Crippen molar-refractivity contribution in [1.82, 2.24) is 9.88 Å². The molecule has 3 rings (SSSR count). The van der Waals surface area contributed by atoms with E-state index in [-0.39, 0.29) is 12.0 Å². The van der Waals surface area contributed by atoms with Crippen molar-refractivity contribution < 1.29 is 14.3 Å². The van der Waals surface area contributed by atoms with E-state index in [4.69, 9.17) is 9.47 Å². The molecule has 1 saturated heterocycles. The highest BCUT2D eigenvalue weighted by Gasteiger charge is 2.15. The van der Waals surface area contributed by atoms with Gasteiger partial charge in [-0.05, 0) is 42.8 Å². The molecule has 0 aromatic carbocycles. The van der Waals surface area contributed by atoms with Crippen molar-refractivity contribution in [3.05, 3.63) is 40.8 Å². The van der Waals surface area contributed by atoms with Crippen LogP contribution in [0.4, 0.5) is 0 Å². The van der Waals surface area contributed by atoms with E-state index in [2.05, 4.69) is 5.32 Å². The SMILES string of the molecule is O=C(NCCCOC[C@H]1CCCO1)c1sccc1-n1cccc1. The maximum absolute atomic E-state index is 12.3. The second-order valence-corrected chi connectivity index (χ2v) is 6.46. The number of ether oxygens (including phenoxy) is 2. The summed E-state index contributed by atoms with van der Waals surface area (Å²) in [5.41, 5.74) is 0.923. The third kappa shape index (κ3) is 4.43. The summed E-state index contributed by atoms with van der Waals surface area (Å²) in [5.74, 6) is -0.0252. The van der Waals surface area contributed by atoms with Crippen LogP contribution in [0.25, 0.3) is 5.69 Å². The van der Waals surface area contributed by atoms with E-state index in [1.807, 2.05) is 40.5 Å². The lowest BCUT2D eigenvalue weighted by molar-refractivity contribution is 0.0166. The first-order chi connectivity index (χ1) is 11.3. The molecule has 6 heteroatoms. The number of carbonyl (C=O) groups excluding carboxylic acids is 1. The number of carbonyl (C=O) groups is 1. The van der Waals surface area contributed by atoms with Crippen molar-refractivity contribution in [2.45, 2.75) is 25.4 Å². The highest BCUT2D eigenvalue weighted by Crippen LogP contribution is 2.21. The summed E-state index contributed by atoms with van der Waals surface area (Å²) in [7, 11) is 0. The fraction of sp³-hybridized carbons (Fsp3) is 0.471. The number of hydrogen-bond acceptors (Lipinski definition) is 4. The molecule has 3 heterocycles. The fourth-order valence-electron chi connectivity index (χ4n) is 2.62. The molecule has 1 atom stereocenters. The zero-order chi connectivity index (χ0) is 15.9. The first-order valence-electron chi connectivity index (χ1n) is 8.03. The zero-order valence-corrected chi connectivity index (χ0v) is 13.9. The Kier molecular flexibility index (Phi) is 5.85. The molecule has 0 saturated carbocycles. The van der Waals surface area contributed by atoms with Crippen molar-refractivity contribution in [2.24, 2.45) is 0 Å². The van der Waals surface area contributed by atoms with Gasteiger partial charge in [0.25, 0.3) is 5.91 Å². The van der Waals surface area contributed by atoms with Crippen LogP contribution in [0, 0.1) is 0 Å². The molecule has 23 heavy (non-hydrogen) atoms. The normalized spacial score (nSPS) is 17.5. The Morgan fingerprint density at radius 2 is 2.30 bits per heavy atom. The second kappa shape index (κ2) is 8.29. The summed E-state index contributed by atoms with van der Waals surface area (Å²) in [6.45, 7) is 2.79. The van der Waals surface area contributed by atoms with Gasteiger partial charge in [0, 0.05) is 32.2 Å². The average molecular weight is 334 g/mol. The lowest BCUT2D eigenvalue weighted by Gasteiger charge is -2.10. The van der Waals surface area contributed by atoms with Gasteiger partial charge in [0.15, 0.2) is 0 Å². The molecule has 2 aromatic heterocycles. The van der Waals surface area contributed by atoms with Crippen LogP contribution in [0.2, 0.25) is 0 Å². The monoisotopic (exact) mass is 334 g/mol. The van der Waals surface area contributed by atoms with E-state index in [1.165, 1.54) is 11.3 Å². The molecule has 2 aromatic rings. The van der Waals surface area contributed by atoms with Crippen LogP contribution >= 0.6 is 11.3 Å². The van der Waals surface area contributed by atoms with Crippen LogP contribution in [0.1, 0.15) is 28.9 Å². The van der Waals surface area contributed by atoms with Crippen LogP contribution in [0.3, 0.4) is 0 Å². The molecule has 0 radical (unpaired) electrons. The number of nitrogens with one attached hydrogen (secondary N) is 1. The molecule has 1 fully saturated rings. The van der Waals surface area contributed by atoms with E-state index in [0.29, 0.717) is 19.8 Å². The number of rotatable bonds is 8. The van der Waals surface area contributed by atoms with Gasteiger partial charge >= 0.3 is 0 Å². The zero-order valence-electron chi connectivity index (χ0n) is 13.1. The van der Waals surface area contributed by atoms with Gasteiger partial charge in [-0.15, -0.1) is 11.3 Å². The quantitative estimate of drug-likeness (QED) is 0.755. The van der Waals surface area contributed by atoms with E-state index in [0.717, 1.165) is 36.4 Å². The Hall–Kier alpha value is -1.63. The first kappa shape index (κ1) is 16.2. The van der Waals surface area contributed by atoms with Crippen LogP contribution in [-0.4, -0.2) is 42.9 Å². The van der Waals surface area contributed by atoms with Gasteiger partial charge in [0.2, 0.25) is 0 Å². The molecule has 1 aliphatic rings. The summed E-state index contributed by atoms with van der Waals surface area (Å²) in [6, 6.07) is 5.86. The highest BCUT2D eigenvalue weighted by atomic mass is 32.1. The number of thiophene rings is 1. The number of nitrogens with zero attached hydrogens (tertiary/aromatic N) is 1. The van der Waals surface area contributed by atoms with E-state index >= 15 is 0 Å². The standard InChI is InChI=1S/C17H22N2O3S/c20-17(16-15(6-12-23-16)19-8-1-2-9-19)18-7-4-10-21-13-14-5-3-11-22-14/h1-2,6,8-9,12,14H,3-5,7,10-11,13H2,(H,18,20)/t14-/m1/s1. The molecule has 0 aliphatic carbocycles. The van der Waals surface area contributed by atoms with E-state index in [1.54, 1.807) is 0 Å². The predicted molar refractivity (Wildman–Crippen MR) is 90.4 cm³/mol. The average Bonchev–Trinajstić information content (AvgIpc) is 3.32. The Labute approximate surface area is 140 Å². The lowest BCUT2D eigenvalue weighted by atomic mass is 10.2. The van der Waals surface area contributed by atoms with Crippen molar-refractivity contribution in [3.8, 4) is 5.69 Å². The smallest absolute Gasteiger partial charge is 0.263 e. The second-order valence-electron chi connectivity index (χ2n) is 5.54. The van der Waals surface area contributed by atoms with Crippen molar-refractivity contribution in [2.75, 3.05) is 26.4 Å².